The molecule has 0 radical (unpaired) electrons. The van der Waals surface area contributed by atoms with Crippen molar-refractivity contribution in [3.8, 4) is 11.5 Å². The topological polar surface area (TPSA) is 42.0 Å². The third-order valence-corrected chi connectivity index (χ3v) is 5.27. The van der Waals surface area contributed by atoms with Gasteiger partial charge in [0.15, 0.2) is 6.61 Å². The zero-order chi connectivity index (χ0) is 18.4. The molecule has 0 bridgehead atoms. The Hall–Kier alpha value is -2.05. The van der Waals surface area contributed by atoms with E-state index in [4.69, 9.17) is 9.47 Å². The number of halogens is 1. The minimum atomic E-state index is 0.0290. The second kappa shape index (κ2) is 9.05. The number of hydrogen-bond acceptors (Lipinski definition) is 4. The van der Waals surface area contributed by atoms with Crippen molar-refractivity contribution in [2.45, 2.75) is 6.54 Å². The fourth-order valence-corrected chi connectivity index (χ4v) is 3.34. The van der Waals surface area contributed by atoms with Gasteiger partial charge in [0.2, 0.25) is 0 Å². The van der Waals surface area contributed by atoms with Crippen LogP contribution in [-0.2, 0) is 11.3 Å². The van der Waals surface area contributed by atoms with Crippen LogP contribution in [0.25, 0.3) is 0 Å². The zero-order valence-electron chi connectivity index (χ0n) is 14.9. The number of methoxy groups -OCH3 is 1. The number of hydrogen-bond donors (Lipinski definition) is 0. The SMILES string of the molecule is COc1ccc(OCC(=O)N2CCN(Cc3ccccc3Br)CC2)cc1. The summed E-state index contributed by atoms with van der Waals surface area (Å²) in [5, 5.41) is 0. The summed E-state index contributed by atoms with van der Waals surface area (Å²) in [6, 6.07) is 15.5. The van der Waals surface area contributed by atoms with Crippen molar-refractivity contribution in [2.75, 3.05) is 39.9 Å². The third kappa shape index (κ3) is 4.99. The van der Waals surface area contributed by atoms with Gasteiger partial charge in [0.25, 0.3) is 5.91 Å². The molecule has 1 fully saturated rings. The van der Waals surface area contributed by atoms with E-state index in [9.17, 15) is 4.79 Å². The Kier molecular flexibility index (Phi) is 6.52. The quantitative estimate of drug-likeness (QED) is 0.722. The number of carbonyl (C=O) groups excluding carboxylic acids is 1. The summed E-state index contributed by atoms with van der Waals surface area (Å²) < 4.78 is 11.8. The van der Waals surface area contributed by atoms with Gasteiger partial charge in [0, 0.05) is 37.2 Å². The van der Waals surface area contributed by atoms with Crippen molar-refractivity contribution in [2.24, 2.45) is 0 Å². The Morgan fingerprint density at radius 1 is 1.00 bits per heavy atom. The van der Waals surface area contributed by atoms with Gasteiger partial charge in [-0.05, 0) is 35.9 Å². The number of benzene rings is 2. The number of piperazine rings is 1. The molecule has 1 aliphatic heterocycles. The van der Waals surface area contributed by atoms with E-state index in [1.165, 1.54) is 5.56 Å². The molecular weight excluding hydrogens is 396 g/mol. The third-order valence-electron chi connectivity index (χ3n) is 4.50. The Labute approximate surface area is 162 Å². The first kappa shape index (κ1) is 18.7. The Balaban J connectivity index is 1.43. The minimum Gasteiger partial charge on any atom is -0.497 e. The normalized spacial score (nSPS) is 14.9. The molecule has 1 amide bonds. The summed E-state index contributed by atoms with van der Waals surface area (Å²) in [7, 11) is 1.62. The van der Waals surface area contributed by atoms with Gasteiger partial charge in [-0.2, -0.15) is 0 Å². The minimum absolute atomic E-state index is 0.0290. The highest BCUT2D eigenvalue weighted by Gasteiger charge is 2.21. The maximum absolute atomic E-state index is 12.4. The predicted molar refractivity (Wildman–Crippen MR) is 104 cm³/mol. The molecule has 1 saturated heterocycles. The molecule has 26 heavy (non-hydrogen) atoms. The summed E-state index contributed by atoms with van der Waals surface area (Å²) in [5.41, 5.74) is 1.27. The van der Waals surface area contributed by atoms with Crippen LogP contribution >= 0.6 is 15.9 Å². The van der Waals surface area contributed by atoms with E-state index in [0.29, 0.717) is 5.75 Å². The molecule has 0 aliphatic carbocycles. The molecule has 1 heterocycles. The van der Waals surface area contributed by atoms with Crippen molar-refractivity contribution in [1.29, 1.82) is 0 Å². The maximum atomic E-state index is 12.4. The van der Waals surface area contributed by atoms with Crippen LogP contribution in [0.15, 0.2) is 53.0 Å². The molecule has 0 atom stereocenters. The average molecular weight is 419 g/mol. The monoisotopic (exact) mass is 418 g/mol. The van der Waals surface area contributed by atoms with Crippen LogP contribution < -0.4 is 9.47 Å². The van der Waals surface area contributed by atoms with E-state index in [2.05, 4.69) is 39.0 Å². The molecule has 0 N–H and O–H groups in total. The van der Waals surface area contributed by atoms with Gasteiger partial charge < -0.3 is 14.4 Å². The molecule has 6 heteroatoms. The van der Waals surface area contributed by atoms with Crippen LogP contribution in [-0.4, -0.2) is 55.6 Å². The average Bonchev–Trinajstić information content (AvgIpc) is 2.69. The first-order chi connectivity index (χ1) is 12.7. The van der Waals surface area contributed by atoms with Gasteiger partial charge in [-0.3, -0.25) is 9.69 Å². The van der Waals surface area contributed by atoms with Crippen molar-refractivity contribution >= 4 is 21.8 Å². The van der Waals surface area contributed by atoms with Gasteiger partial charge in [0.05, 0.1) is 7.11 Å². The van der Waals surface area contributed by atoms with E-state index < -0.39 is 0 Å². The number of ether oxygens (including phenoxy) is 2. The highest BCUT2D eigenvalue weighted by Crippen LogP contribution is 2.19. The van der Waals surface area contributed by atoms with Crippen LogP contribution in [0.5, 0.6) is 11.5 Å². The zero-order valence-corrected chi connectivity index (χ0v) is 16.4. The fourth-order valence-electron chi connectivity index (χ4n) is 2.93. The molecule has 2 aromatic rings. The summed E-state index contributed by atoms with van der Waals surface area (Å²) in [6.45, 7) is 4.16. The summed E-state index contributed by atoms with van der Waals surface area (Å²) in [4.78, 5) is 16.6. The van der Waals surface area contributed by atoms with Gasteiger partial charge in [-0.15, -0.1) is 0 Å². The fraction of sp³-hybridized carbons (Fsp3) is 0.350. The summed E-state index contributed by atoms with van der Waals surface area (Å²) in [6.07, 6.45) is 0. The van der Waals surface area contributed by atoms with Crippen molar-refractivity contribution in [3.63, 3.8) is 0 Å². The van der Waals surface area contributed by atoms with Crippen molar-refractivity contribution in [3.05, 3.63) is 58.6 Å². The lowest BCUT2D eigenvalue weighted by Crippen LogP contribution is -2.49. The van der Waals surface area contributed by atoms with Gasteiger partial charge in [-0.25, -0.2) is 0 Å². The van der Waals surface area contributed by atoms with Crippen molar-refractivity contribution in [1.82, 2.24) is 9.80 Å². The highest BCUT2D eigenvalue weighted by atomic mass is 79.9. The van der Waals surface area contributed by atoms with Crippen LogP contribution in [0.2, 0.25) is 0 Å². The lowest BCUT2D eigenvalue weighted by atomic mass is 10.2. The van der Waals surface area contributed by atoms with Crippen LogP contribution in [0, 0.1) is 0 Å². The molecule has 5 nitrogen and oxygen atoms in total. The lowest BCUT2D eigenvalue weighted by Gasteiger charge is -2.34. The smallest absolute Gasteiger partial charge is 0.260 e. The second-order valence-electron chi connectivity index (χ2n) is 6.21. The van der Waals surface area contributed by atoms with Crippen LogP contribution in [0.3, 0.4) is 0 Å². The Morgan fingerprint density at radius 2 is 1.65 bits per heavy atom. The summed E-state index contributed by atoms with van der Waals surface area (Å²) in [5.74, 6) is 1.47. The molecule has 0 aromatic heterocycles. The highest BCUT2D eigenvalue weighted by molar-refractivity contribution is 9.10. The van der Waals surface area contributed by atoms with Gasteiger partial charge in [0.1, 0.15) is 11.5 Å². The Bertz CT molecular complexity index is 728. The number of carbonyl (C=O) groups is 1. The molecule has 1 aliphatic rings. The Morgan fingerprint density at radius 3 is 2.31 bits per heavy atom. The van der Waals surface area contributed by atoms with Gasteiger partial charge >= 0.3 is 0 Å². The summed E-state index contributed by atoms with van der Waals surface area (Å²) >= 11 is 3.59. The predicted octanol–water partition coefficient (Wildman–Crippen LogP) is 3.18. The molecule has 138 valence electrons. The number of rotatable bonds is 6. The van der Waals surface area contributed by atoms with Crippen LogP contribution in [0.4, 0.5) is 0 Å². The van der Waals surface area contributed by atoms with Crippen molar-refractivity contribution < 1.29 is 14.3 Å². The van der Waals surface area contributed by atoms with Gasteiger partial charge in [-0.1, -0.05) is 34.1 Å². The number of amides is 1. The van der Waals surface area contributed by atoms with E-state index >= 15 is 0 Å². The lowest BCUT2D eigenvalue weighted by molar-refractivity contribution is -0.135. The molecule has 0 saturated carbocycles. The largest absolute Gasteiger partial charge is 0.497 e. The van der Waals surface area contributed by atoms with E-state index in [1.54, 1.807) is 7.11 Å². The number of nitrogens with zero attached hydrogens (tertiary/aromatic N) is 2. The first-order valence-electron chi connectivity index (χ1n) is 8.66. The molecular formula is C20H23BrN2O3. The van der Waals surface area contributed by atoms with E-state index in [1.807, 2.05) is 35.2 Å². The second-order valence-corrected chi connectivity index (χ2v) is 7.07. The molecule has 3 rings (SSSR count). The van der Waals surface area contributed by atoms with E-state index in [-0.39, 0.29) is 12.5 Å². The molecule has 0 unspecified atom stereocenters. The van der Waals surface area contributed by atoms with Crippen LogP contribution in [0.1, 0.15) is 5.56 Å². The van der Waals surface area contributed by atoms with E-state index in [0.717, 1.165) is 42.9 Å². The first-order valence-corrected chi connectivity index (χ1v) is 9.45. The standard InChI is InChI=1S/C20H23BrN2O3/c1-25-17-6-8-18(9-7-17)26-15-20(24)23-12-10-22(11-13-23)14-16-4-2-3-5-19(16)21/h2-9H,10-15H2,1H3. The maximum Gasteiger partial charge on any atom is 0.260 e. The molecule has 2 aromatic carbocycles. The molecule has 0 spiro atoms.